The number of halogens is 2. The van der Waals surface area contributed by atoms with E-state index in [0.29, 0.717) is 33.5 Å². The van der Waals surface area contributed by atoms with Crippen LogP contribution in [0.1, 0.15) is 18.1 Å². The van der Waals surface area contributed by atoms with Crippen molar-refractivity contribution in [3.05, 3.63) is 62.5 Å². The lowest BCUT2D eigenvalue weighted by Crippen LogP contribution is -2.27. The van der Waals surface area contributed by atoms with Crippen LogP contribution in [-0.2, 0) is 11.3 Å². The quantitative estimate of drug-likeness (QED) is 0.657. The van der Waals surface area contributed by atoms with Crippen molar-refractivity contribution in [1.29, 1.82) is 0 Å². The summed E-state index contributed by atoms with van der Waals surface area (Å²) in [6.07, 6.45) is 1.48. The fraction of sp³-hybridized carbons (Fsp3) is 0.158. The highest BCUT2D eigenvalue weighted by atomic mass is 35.5. The predicted octanol–water partition coefficient (Wildman–Crippen LogP) is 5.33. The Balaban J connectivity index is 1.84. The van der Waals surface area contributed by atoms with E-state index in [0.717, 1.165) is 16.7 Å². The fourth-order valence-electron chi connectivity index (χ4n) is 2.50. The van der Waals surface area contributed by atoms with Crippen LogP contribution < -0.4 is 4.74 Å². The predicted molar refractivity (Wildman–Crippen MR) is 107 cm³/mol. The van der Waals surface area contributed by atoms with Crippen LogP contribution in [0.15, 0.2) is 41.3 Å². The van der Waals surface area contributed by atoms with E-state index in [-0.39, 0.29) is 17.2 Å². The number of hydrogen-bond acceptors (Lipinski definition) is 5. The molecule has 0 unspecified atom stereocenters. The van der Waals surface area contributed by atoms with Gasteiger partial charge in [-0.05, 0) is 60.7 Å². The molecule has 5 nitrogen and oxygen atoms in total. The standard InChI is InChI=1S/C19H15Cl2NO4S/c1-2-26-13-4-6-16(23)12(8-13)9-17-18(24)22(19(25)27-17)10-11-3-5-14(20)15(21)7-11/h3-9,23H,2,10H2,1H3/b17-9-. The molecule has 3 rings (SSSR count). The van der Waals surface area contributed by atoms with Crippen molar-refractivity contribution in [2.75, 3.05) is 6.61 Å². The first-order valence-electron chi connectivity index (χ1n) is 8.04. The number of aromatic hydroxyl groups is 1. The molecule has 0 saturated carbocycles. The van der Waals surface area contributed by atoms with Gasteiger partial charge in [0.25, 0.3) is 11.1 Å². The van der Waals surface area contributed by atoms with E-state index in [1.165, 1.54) is 12.1 Å². The van der Waals surface area contributed by atoms with Gasteiger partial charge in [0, 0.05) is 5.56 Å². The van der Waals surface area contributed by atoms with Crippen molar-refractivity contribution in [3.8, 4) is 11.5 Å². The van der Waals surface area contributed by atoms with Crippen LogP contribution in [0.25, 0.3) is 6.08 Å². The molecule has 0 spiro atoms. The number of phenols is 1. The van der Waals surface area contributed by atoms with Crippen LogP contribution in [-0.4, -0.2) is 27.8 Å². The highest BCUT2D eigenvalue weighted by Gasteiger charge is 2.35. The SMILES string of the molecule is CCOc1ccc(O)c(/C=C2\SC(=O)N(Cc3ccc(Cl)c(Cl)c3)C2=O)c1. The van der Waals surface area contributed by atoms with E-state index >= 15 is 0 Å². The Morgan fingerprint density at radius 3 is 2.63 bits per heavy atom. The third kappa shape index (κ3) is 4.40. The smallest absolute Gasteiger partial charge is 0.293 e. The van der Waals surface area contributed by atoms with Gasteiger partial charge in [-0.25, -0.2) is 0 Å². The summed E-state index contributed by atoms with van der Waals surface area (Å²) < 4.78 is 5.40. The summed E-state index contributed by atoms with van der Waals surface area (Å²) in [4.78, 5) is 26.3. The summed E-state index contributed by atoms with van der Waals surface area (Å²) in [5.41, 5.74) is 1.09. The Kier molecular flexibility index (Phi) is 5.99. The number of thioether (sulfide) groups is 1. The largest absolute Gasteiger partial charge is 0.507 e. The number of phenolic OH excluding ortho intramolecular Hbond substituents is 1. The maximum atomic E-state index is 12.6. The van der Waals surface area contributed by atoms with Gasteiger partial charge in [0.1, 0.15) is 11.5 Å². The molecule has 140 valence electrons. The van der Waals surface area contributed by atoms with Crippen LogP contribution in [0, 0.1) is 0 Å². The molecule has 1 aliphatic heterocycles. The fourth-order valence-corrected chi connectivity index (χ4v) is 3.65. The van der Waals surface area contributed by atoms with Gasteiger partial charge in [-0.1, -0.05) is 29.3 Å². The molecule has 8 heteroatoms. The third-order valence-corrected chi connectivity index (χ3v) is 5.44. The average molecular weight is 424 g/mol. The summed E-state index contributed by atoms with van der Waals surface area (Å²) in [7, 11) is 0. The zero-order chi connectivity index (χ0) is 19.6. The van der Waals surface area contributed by atoms with Gasteiger partial charge in [-0.15, -0.1) is 0 Å². The van der Waals surface area contributed by atoms with Crippen LogP contribution in [0.3, 0.4) is 0 Å². The second-order valence-corrected chi connectivity index (χ2v) is 7.48. The first kappa shape index (κ1) is 19.6. The molecule has 27 heavy (non-hydrogen) atoms. The molecular formula is C19H15Cl2NO4S. The maximum Gasteiger partial charge on any atom is 0.293 e. The molecule has 2 aromatic carbocycles. The molecule has 1 N–H and O–H groups in total. The van der Waals surface area contributed by atoms with Crippen molar-refractivity contribution in [3.63, 3.8) is 0 Å². The Morgan fingerprint density at radius 1 is 1.15 bits per heavy atom. The van der Waals surface area contributed by atoms with Crippen molar-refractivity contribution < 1.29 is 19.4 Å². The van der Waals surface area contributed by atoms with Crippen LogP contribution >= 0.6 is 35.0 Å². The lowest BCUT2D eigenvalue weighted by atomic mass is 10.1. The van der Waals surface area contributed by atoms with E-state index < -0.39 is 11.1 Å². The summed E-state index contributed by atoms with van der Waals surface area (Å²) in [6, 6.07) is 9.67. The van der Waals surface area contributed by atoms with Crippen LogP contribution in [0.2, 0.25) is 10.0 Å². The monoisotopic (exact) mass is 423 g/mol. The third-order valence-electron chi connectivity index (χ3n) is 3.79. The Hall–Kier alpha value is -2.15. The van der Waals surface area contributed by atoms with Crippen LogP contribution in [0.5, 0.6) is 11.5 Å². The summed E-state index contributed by atoms with van der Waals surface area (Å²) in [6.45, 7) is 2.41. The molecule has 1 heterocycles. The lowest BCUT2D eigenvalue weighted by Gasteiger charge is -2.13. The molecule has 1 saturated heterocycles. The minimum Gasteiger partial charge on any atom is -0.507 e. The number of carbonyl (C=O) groups is 2. The maximum absolute atomic E-state index is 12.6. The van der Waals surface area contributed by atoms with Gasteiger partial charge < -0.3 is 9.84 Å². The van der Waals surface area contributed by atoms with E-state index in [2.05, 4.69) is 0 Å². The summed E-state index contributed by atoms with van der Waals surface area (Å²) in [5, 5.41) is 10.4. The molecule has 2 aromatic rings. The number of ether oxygens (including phenoxy) is 1. The van der Waals surface area contributed by atoms with Crippen molar-refractivity contribution >= 4 is 52.2 Å². The van der Waals surface area contributed by atoms with Crippen molar-refractivity contribution in [2.45, 2.75) is 13.5 Å². The van der Waals surface area contributed by atoms with Gasteiger partial charge >= 0.3 is 0 Å². The topological polar surface area (TPSA) is 66.8 Å². The number of carbonyl (C=O) groups excluding carboxylic acids is 2. The number of rotatable bonds is 5. The Morgan fingerprint density at radius 2 is 1.93 bits per heavy atom. The van der Waals surface area contributed by atoms with Gasteiger partial charge in [-0.2, -0.15) is 0 Å². The summed E-state index contributed by atoms with van der Waals surface area (Å²) in [5.74, 6) is 0.128. The molecule has 0 aromatic heterocycles. The van der Waals surface area contributed by atoms with Gasteiger partial charge in [0.2, 0.25) is 0 Å². The first-order chi connectivity index (χ1) is 12.9. The van der Waals surface area contributed by atoms with E-state index in [1.807, 2.05) is 6.92 Å². The number of hydrogen-bond donors (Lipinski definition) is 1. The Labute approximate surface area is 170 Å². The zero-order valence-electron chi connectivity index (χ0n) is 14.2. The number of imide groups is 1. The van der Waals surface area contributed by atoms with E-state index in [1.54, 1.807) is 30.3 Å². The number of benzene rings is 2. The number of nitrogens with zero attached hydrogens (tertiary/aromatic N) is 1. The van der Waals surface area contributed by atoms with E-state index in [9.17, 15) is 14.7 Å². The molecule has 2 amide bonds. The summed E-state index contributed by atoms with van der Waals surface area (Å²) >= 11 is 12.7. The highest BCUT2D eigenvalue weighted by molar-refractivity contribution is 8.18. The molecule has 1 aliphatic rings. The van der Waals surface area contributed by atoms with Gasteiger partial charge in [-0.3, -0.25) is 14.5 Å². The minimum atomic E-state index is -0.433. The highest BCUT2D eigenvalue weighted by Crippen LogP contribution is 2.36. The first-order valence-corrected chi connectivity index (χ1v) is 9.61. The van der Waals surface area contributed by atoms with Crippen molar-refractivity contribution in [2.24, 2.45) is 0 Å². The average Bonchev–Trinajstić information content (AvgIpc) is 2.89. The van der Waals surface area contributed by atoms with Gasteiger partial charge in [0.05, 0.1) is 28.1 Å². The van der Waals surface area contributed by atoms with Crippen molar-refractivity contribution in [1.82, 2.24) is 4.90 Å². The lowest BCUT2D eigenvalue weighted by molar-refractivity contribution is -0.123. The van der Waals surface area contributed by atoms with E-state index in [4.69, 9.17) is 27.9 Å². The molecule has 0 aliphatic carbocycles. The molecule has 0 atom stereocenters. The van der Waals surface area contributed by atoms with Crippen LogP contribution in [0.4, 0.5) is 4.79 Å². The zero-order valence-corrected chi connectivity index (χ0v) is 16.6. The molecule has 0 radical (unpaired) electrons. The second kappa shape index (κ2) is 8.25. The minimum absolute atomic E-state index is 0.00487. The molecule has 0 bridgehead atoms. The second-order valence-electron chi connectivity index (χ2n) is 5.67. The van der Waals surface area contributed by atoms with Gasteiger partial charge in [0.15, 0.2) is 0 Å². The molecular weight excluding hydrogens is 409 g/mol. The Bertz CT molecular complexity index is 945. The number of amides is 2. The molecule has 1 fully saturated rings. The normalized spacial score (nSPS) is 15.7.